The summed E-state index contributed by atoms with van der Waals surface area (Å²) in [6.07, 6.45) is 1.24. The lowest BCUT2D eigenvalue weighted by Crippen LogP contribution is -2.25. The quantitative estimate of drug-likeness (QED) is 0.887. The molecule has 2 rings (SSSR count). The van der Waals surface area contributed by atoms with Gasteiger partial charge in [0.2, 0.25) is 0 Å². The SMILES string of the molecule is CC(NCC1CCSC1)c1cc(F)cc(F)c1. The highest BCUT2D eigenvalue weighted by atomic mass is 32.2. The second kappa shape index (κ2) is 5.83. The fraction of sp³-hybridized carbons (Fsp3) is 0.538. The predicted octanol–water partition coefficient (Wildman–Crippen LogP) is 3.37. The Kier molecular flexibility index (Phi) is 4.40. The van der Waals surface area contributed by atoms with Gasteiger partial charge in [-0.05, 0) is 55.0 Å². The van der Waals surface area contributed by atoms with E-state index in [2.05, 4.69) is 5.32 Å². The van der Waals surface area contributed by atoms with Gasteiger partial charge in [-0.15, -0.1) is 0 Å². The number of hydrogen-bond donors (Lipinski definition) is 1. The van der Waals surface area contributed by atoms with Crippen molar-refractivity contribution in [2.24, 2.45) is 5.92 Å². The molecule has 1 aromatic carbocycles. The molecule has 94 valence electrons. The Balaban J connectivity index is 1.91. The largest absolute Gasteiger partial charge is 0.310 e. The first-order valence-corrected chi connectivity index (χ1v) is 7.08. The van der Waals surface area contributed by atoms with Gasteiger partial charge in [0.25, 0.3) is 0 Å². The zero-order valence-corrected chi connectivity index (χ0v) is 10.7. The van der Waals surface area contributed by atoms with Gasteiger partial charge in [0, 0.05) is 12.1 Å². The van der Waals surface area contributed by atoms with E-state index in [0.29, 0.717) is 11.5 Å². The second-order valence-corrected chi connectivity index (χ2v) is 5.71. The van der Waals surface area contributed by atoms with Crippen molar-refractivity contribution in [3.05, 3.63) is 35.4 Å². The molecule has 0 aliphatic carbocycles. The Labute approximate surface area is 105 Å². The molecule has 4 heteroatoms. The van der Waals surface area contributed by atoms with Gasteiger partial charge >= 0.3 is 0 Å². The zero-order valence-electron chi connectivity index (χ0n) is 9.88. The van der Waals surface area contributed by atoms with E-state index < -0.39 is 11.6 Å². The van der Waals surface area contributed by atoms with Gasteiger partial charge in [0.1, 0.15) is 11.6 Å². The molecule has 1 aliphatic rings. The zero-order chi connectivity index (χ0) is 12.3. The Morgan fingerprint density at radius 2 is 2.06 bits per heavy atom. The topological polar surface area (TPSA) is 12.0 Å². The lowest BCUT2D eigenvalue weighted by Gasteiger charge is -2.17. The molecule has 2 unspecified atom stereocenters. The second-order valence-electron chi connectivity index (χ2n) is 4.56. The van der Waals surface area contributed by atoms with Crippen molar-refractivity contribution in [1.82, 2.24) is 5.32 Å². The Morgan fingerprint density at radius 1 is 1.35 bits per heavy atom. The van der Waals surface area contributed by atoms with Crippen molar-refractivity contribution in [2.45, 2.75) is 19.4 Å². The monoisotopic (exact) mass is 257 g/mol. The van der Waals surface area contributed by atoms with Crippen LogP contribution in [0.3, 0.4) is 0 Å². The van der Waals surface area contributed by atoms with Crippen molar-refractivity contribution >= 4 is 11.8 Å². The van der Waals surface area contributed by atoms with E-state index >= 15 is 0 Å². The first-order chi connectivity index (χ1) is 8.15. The summed E-state index contributed by atoms with van der Waals surface area (Å²) in [4.78, 5) is 0. The molecule has 1 fully saturated rings. The van der Waals surface area contributed by atoms with Crippen molar-refractivity contribution in [3.63, 3.8) is 0 Å². The normalized spacial score (nSPS) is 21.7. The van der Waals surface area contributed by atoms with E-state index in [-0.39, 0.29) is 6.04 Å². The van der Waals surface area contributed by atoms with Gasteiger partial charge in [0.15, 0.2) is 0 Å². The van der Waals surface area contributed by atoms with Crippen LogP contribution in [0.15, 0.2) is 18.2 Å². The van der Waals surface area contributed by atoms with Crippen molar-refractivity contribution in [3.8, 4) is 0 Å². The molecule has 2 atom stereocenters. The number of nitrogens with one attached hydrogen (secondary N) is 1. The Hall–Kier alpha value is -0.610. The van der Waals surface area contributed by atoms with Crippen LogP contribution in [-0.2, 0) is 0 Å². The lowest BCUT2D eigenvalue weighted by atomic mass is 10.1. The minimum Gasteiger partial charge on any atom is -0.310 e. The van der Waals surface area contributed by atoms with E-state index in [1.54, 1.807) is 0 Å². The predicted molar refractivity (Wildman–Crippen MR) is 68.2 cm³/mol. The fourth-order valence-electron chi connectivity index (χ4n) is 2.03. The van der Waals surface area contributed by atoms with Crippen LogP contribution in [0.5, 0.6) is 0 Å². The molecule has 0 saturated carbocycles. The van der Waals surface area contributed by atoms with Gasteiger partial charge < -0.3 is 5.32 Å². The fourth-order valence-corrected chi connectivity index (χ4v) is 3.32. The van der Waals surface area contributed by atoms with Crippen LogP contribution in [0, 0.1) is 17.6 Å². The standard InChI is InChI=1S/C13H17F2NS/c1-9(16-7-10-2-3-17-8-10)11-4-12(14)6-13(15)5-11/h4-6,9-10,16H,2-3,7-8H2,1H3. The maximum atomic E-state index is 13.1. The summed E-state index contributed by atoms with van der Waals surface area (Å²) in [6.45, 7) is 2.86. The average Bonchev–Trinajstić information content (AvgIpc) is 2.77. The highest BCUT2D eigenvalue weighted by Crippen LogP contribution is 2.23. The van der Waals surface area contributed by atoms with E-state index in [0.717, 1.165) is 12.6 Å². The molecular weight excluding hydrogens is 240 g/mol. The first kappa shape index (κ1) is 12.8. The summed E-state index contributed by atoms with van der Waals surface area (Å²) in [5.41, 5.74) is 0.674. The molecule has 0 bridgehead atoms. The van der Waals surface area contributed by atoms with Gasteiger partial charge in [0.05, 0.1) is 0 Å². The molecule has 1 nitrogen and oxygen atoms in total. The van der Waals surface area contributed by atoms with Crippen LogP contribution in [0.1, 0.15) is 24.9 Å². The third kappa shape index (κ3) is 3.68. The van der Waals surface area contributed by atoms with Crippen LogP contribution in [-0.4, -0.2) is 18.1 Å². The molecule has 0 radical (unpaired) electrons. The summed E-state index contributed by atoms with van der Waals surface area (Å²) >= 11 is 1.97. The summed E-state index contributed by atoms with van der Waals surface area (Å²) in [7, 11) is 0. The maximum absolute atomic E-state index is 13.1. The molecule has 0 amide bonds. The minimum atomic E-state index is -0.509. The van der Waals surface area contributed by atoms with Crippen LogP contribution < -0.4 is 5.32 Å². The van der Waals surface area contributed by atoms with Crippen LogP contribution in [0.4, 0.5) is 8.78 Å². The third-order valence-electron chi connectivity index (χ3n) is 3.12. The molecule has 0 spiro atoms. The highest BCUT2D eigenvalue weighted by molar-refractivity contribution is 7.99. The van der Waals surface area contributed by atoms with Crippen molar-refractivity contribution in [2.75, 3.05) is 18.1 Å². The smallest absolute Gasteiger partial charge is 0.126 e. The van der Waals surface area contributed by atoms with Gasteiger partial charge in [-0.2, -0.15) is 11.8 Å². The summed E-state index contributed by atoms with van der Waals surface area (Å²) in [6, 6.07) is 3.68. The van der Waals surface area contributed by atoms with Crippen molar-refractivity contribution < 1.29 is 8.78 Å². The van der Waals surface area contributed by atoms with Crippen LogP contribution in [0.2, 0.25) is 0 Å². The van der Waals surface area contributed by atoms with E-state index in [1.807, 2.05) is 18.7 Å². The van der Waals surface area contributed by atoms with Gasteiger partial charge in [-0.3, -0.25) is 0 Å². The summed E-state index contributed by atoms with van der Waals surface area (Å²) < 4.78 is 26.1. The molecule has 1 saturated heterocycles. The lowest BCUT2D eigenvalue weighted by molar-refractivity contribution is 0.473. The average molecular weight is 257 g/mol. The Morgan fingerprint density at radius 3 is 2.65 bits per heavy atom. The van der Waals surface area contributed by atoms with E-state index in [4.69, 9.17) is 0 Å². The number of hydrogen-bond acceptors (Lipinski definition) is 2. The van der Waals surface area contributed by atoms with Crippen molar-refractivity contribution in [1.29, 1.82) is 0 Å². The number of benzene rings is 1. The Bertz CT molecular complexity index is 357. The molecule has 1 aliphatic heterocycles. The highest BCUT2D eigenvalue weighted by Gasteiger charge is 2.16. The van der Waals surface area contributed by atoms with Crippen LogP contribution >= 0.6 is 11.8 Å². The molecule has 1 N–H and O–H groups in total. The van der Waals surface area contributed by atoms with Gasteiger partial charge in [-0.1, -0.05) is 0 Å². The summed E-state index contributed by atoms with van der Waals surface area (Å²) in [5.74, 6) is 2.10. The molecule has 1 heterocycles. The molecule has 1 aromatic rings. The minimum absolute atomic E-state index is 0.00852. The van der Waals surface area contributed by atoms with Crippen LogP contribution in [0.25, 0.3) is 0 Å². The summed E-state index contributed by atoms with van der Waals surface area (Å²) in [5, 5.41) is 3.35. The number of halogens is 2. The third-order valence-corrected chi connectivity index (χ3v) is 4.35. The molecular formula is C13H17F2NS. The molecule has 0 aromatic heterocycles. The van der Waals surface area contributed by atoms with Gasteiger partial charge in [-0.25, -0.2) is 8.78 Å². The number of thioether (sulfide) groups is 1. The first-order valence-electron chi connectivity index (χ1n) is 5.92. The van der Waals surface area contributed by atoms with E-state index in [9.17, 15) is 8.78 Å². The maximum Gasteiger partial charge on any atom is 0.126 e. The number of rotatable bonds is 4. The van der Waals surface area contributed by atoms with E-state index in [1.165, 1.54) is 30.1 Å². The molecule has 17 heavy (non-hydrogen) atoms.